The number of nitrogens with zero attached hydrogens (tertiary/aromatic N) is 4. The van der Waals surface area contributed by atoms with Gasteiger partial charge in [-0.3, -0.25) is 14.8 Å². The average molecular weight is 274 g/mol. The van der Waals surface area contributed by atoms with Crippen molar-refractivity contribution in [2.45, 2.75) is 6.61 Å². The number of nitro benzene ring substituents is 1. The molecule has 0 atom stereocenters. The van der Waals surface area contributed by atoms with E-state index in [1.165, 1.54) is 18.7 Å². The highest BCUT2D eigenvalue weighted by Crippen LogP contribution is 2.32. The van der Waals surface area contributed by atoms with Crippen LogP contribution < -0.4 is 4.74 Å². The number of rotatable bonds is 4. The predicted octanol–water partition coefficient (Wildman–Crippen LogP) is 2.05. The molecule has 0 saturated carbocycles. The zero-order chi connectivity index (χ0) is 14.1. The number of benzene rings is 1. The number of aromatic nitrogens is 3. The Morgan fingerprint density at radius 3 is 3.05 bits per heavy atom. The highest BCUT2D eigenvalue weighted by molar-refractivity contribution is 5.83. The molecule has 0 radical (unpaired) electrons. The lowest BCUT2D eigenvalue weighted by Crippen LogP contribution is -1.98. The normalized spacial score (nSPS) is 10.8. The van der Waals surface area contributed by atoms with Crippen LogP contribution in [-0.2, 0) is 13.7 Å². The minimum Gasteiger partial charge on any atom is -0.479 e. The first-order valence-electron chi connectivity index (χ1n) is 5.75. The number of nitro groups is 1. The van der Waals surface area contributed by atoms with Crippen LogP contribution in [0.25, 0.3) is 10.9 Å². The van der Waals surface area contributed by atoms with Gasteiger partial charge in [0.15, 0.2) is 17.9 Å². The second kappa shape index (κ2) is 4.65. The largest absolute Gasteiger partial charge is 0.479 e. The summed E-state index contributed by atoms with van der Waals surface area (Å²) < 4.78 is 12.0. The first-order valence-corrected chi connectivity index (χ1v) is 5.75. The zero-order valence-electron chi connectivity index (χ0n) is 10.5. The van der Waals surface area contributed by atoms with Crippen molar-refractivity contribution in [2.75, 3.05) is 0 Å². The summed E-state index contributed by atoms with van der Waals surface area (Å²) in [5.74, 6) is 0.637. The Hall–Kier alpha value is -2.90. The molecule has 0 spiro atoms. The Kier molecular flexibility index (Phi) is 2.82. The van der Waals surface area contributed by atoms with Crippen molar-refractivity contribution in [1.29, 1.82) is 0 Å². The third-order valence-corrected chi connectivity index (χ3v) is 2.75. The molecule has 3 rings (SSSR count). The van der Waals surface area contributed by atoms with Gasteiger partial charge < -0.3 is 9.15 Å². The second-order valence-electron chi connectivity index (χ2n) is 4.20. The Balaban J connectivity index is 1.98. The van der Waals surface area contributed by atoms with Gasteiger partial charge in [0.1, 0.15) is 6.61 Å². The molecular formula is C12H10N4O4. The summed E-state index contributed by atoms with van der Waals surface area (Å²) in [6.07, 6.45) is 4.47. The molecule has 0 N–H and O–H groups in total. The summed E-state index contributed by atoms with van der Waals surface area (Å²) in [5.41, 5.74) is 0.524. The van der Waals surface area contributed by atoms with E-state index in [-0.39, 0.29) is 18.0 Å². The molecule has 0 aliphatic carbocycles. The molecule has 0 fully saturated rings. The van der Waals surface area contributed by atoms with E-state index >= 15 is 0 Å². The number of aryl methyl sites for hydroxylation is 1. The average Bonchev–Trinajstić information content (AvgIpc) is 3.02. The molecule has 8 nitrogen and oxygen atoms in total. The van der Waals surface area contributed by atoms with E-state index in [0.717, 1.165) is 0 Å². The lowest BCUT2D eigenvalue weighted by atomic mass is 10.2. The van der Waals surface area contributed by atoms with Gasteiger partial charge in [0.2, 0.25) is 0 Å². The van der Waals surface area contributed by atoms with Crippen LogP contribution in [0.5, 0.6) is 5.75 Å². The summed E-state index contributed by atoms with van der Waals surface area (Å²) in [4.78, 5) is 14.4. The van der Waals surface area contributed by atoms with E-state index in [9.17, 15) is 10.1 Å². The third kappa shape index (κ3) is 2.18. The van der Waals surface area contributed by atoms with E-state index < -0.39 is 4.92 Å². The standard InChI is InChI=1S/C12H10N4O4/c1-15-5-8-2-11(16(17)18)12(3-10(8)14-15)19-6-9-4-13-7-20-9/h2-5,7H,6H2,1H3. The minimum atomic E-state index is -0.484. The van der Waals surface area contributed by atoms with Gasteiger partial charge in [-0.2, -0.15) is 5.10 Å². The summed E-state index contributed by atoms with van der Waals surface area (Å²) in [6.45, 7) is 0.0686. The van der Waals surface area contributed by atoms with Gasteiger partial charge in [0, 0.05) is 30.8 Å². The smallest absolute Gasteiger partial charge is 0.311 e. The van der Waals surface area contributed by atoms with E-state index in [1.54, 1.807) is 24.0 Å². The maximum absolute atomic E-state index is 11.1. The fourth-order valence-electron chi connectivity index (χ4n) is 1.88. The fraction of sp³-hybridized carbons (Fsp3) is 0.167. The van der Waals surface area contributed by atoms with E-state index in [0.29, 0.717) is 16.7 Å². The molecule has 0 amide bonds. The number of hydrogen-bond acceptors (Lipinski definition) is 6. The number of hydrogen-bond donors (Lipinski definition) is 0. The maximum Gasteiger partial charge on any atom is 0.311 e. The van der Waals surface area contributed by atoms with Crippen molar-refractivity contribution in [2.24, 2.45) is 7.05 Å². The van der Waals surface area contributed by atoms with Crippen molar-refractivity contribution in [3.63, 3.8) is 0 Å². The Morgan fingerprint density at radius 2 is 2.35 bits per heavy atom. The molecule has 0 aliphatic heterocycles. The summed E-state index contributed by atoms with van der Waals surface area (Å²) in [5, 5.41) is 16.0. The van der Waals surface area contributed by atoms with E-state index in [2.05, 4.69) is 10.1 Å². The monoisotopic (exact) mass is 274 g/mol. The SMILES string of the molecule is Cn1cc2cc([N+](=O)[O-])c(OCc3cnco3)cc2n1. The molecule has 0 saturated heterocycles. The molecule has 2 aromatic heterocycles. The van der Waals surface area contributed by atoms with Crippen molar-refractivity contribution in [1.82, 2.24) is 14.8 Å². The number of fused-ring (bicyclic) bond motifs is 1. The molecule has 0 aliphatic rings. The molecular weight excluding hydrogens is 264 g/mol. The van der Waals surface area contributed by atoms with Crippen LogP contribution in [0.3, 0.4) is 0 Å². The van der Waals surface area contributed by atoms with Crippen molar-refractivity contribution < 1.29 is 14.1 Å². The van der Waals surface area contributed by atoms with Gasteiger partial charge in [0.25, 0.3) is 0 Å². The van der Waals surface area contributed by atoms with E-state index in [1.807, 2.05) is 0 Å². The summed E-state index contributed by atoms with van der Waals surface area (Å²) in [7, 11) is 1.75. The Bertz CT molecular complexity index is 763. The van der Waals surface area contributed by atoms with Gasteiger partial charge in [0.05, 0.1) is 16.6 Å². The number of ether oxygens (including phenoxy) is 1. The van der Waals surface area contributed by atoms with Gasteiger partial charge in [-0.15, -0.1) is 0 Å². The zero-order valence-corrected chi connectivity index (χ0v) is 10.5. The molecule has 102 valence electrons. The second-order valence-corrected chi connectivity index (χ2v) is 4.20. The molecule has 0 bridgehead atoms. The topological polar surface area (TPSA) is 96.2 Å². The lowest BCUT2D eigenvalue weighted by Gasteiger charge is -2.04. The van der Waals surface area contributed by atoms with E-state index in [4.69, 9.17) is 9.15 Å². The molecule has 1 aromatic carbocycles. The van der Waals surface area contributed by atoms with Crippen LogP contribution in [0, 0.1) is 10.1 Å². The highest BCUT2D eigenvalue weighted by atomic mass is 16.6. The molecule has 0 unspecified atom stereocenters. The first-order chi connectivity index (χ1) is 9.63. The summed E-state index contributed by atoms with van der Waals surface area (Å²) in [6, 6.07) is 2.99. The lowest BCUT2D eigenvalue weighted by molar-refractivity contribution is -0.385. The van der Waals surface area contributed by atoms with Gasteiger partial charge in [-0.1, -0.05) is 0 Å². The van der Waals surface area contributed by atoms with Crippen LogP contribution >= 0.6 is 0 Å². The Labute approximate surface area is 112 Å². The maximum atomic E-state index is 11.1. The molecule has 2 heterocycles. The Morgan fingerprint density at radius 1 is 1.50 bits per heavy atom. The van der Waals surface area contributed by atoms with Crippen LogP contribution in [0.1, 0.15) is 5.76 Å². The van der Waals surface area contributed by atoms with Crippen LogP contribution in [-0.4, -0.2) is 19.7 Å². The van der Waals surface area contributed by atoms with Gasteiger partial charge in [-0.25, -0.2) is 4.98 Å². The fourth-order valence-corrected chi connectivity index (χ4v) is 1.88. The summed E-state index contributed by atoms with van der Waals surface area (Å²) >= 11 is 0. The molecule has 3 aromatic rings. The van der Waals surface area contributed by atoms with Crippen LogP contribution in [0.4, 0.5) is 5.69 Å². The quantitative estimate of drug-likeness (QED) is 0.533. The third-order valence-electron chi connectivity index (χ3n) is 2.75. The van der Waals surface area contributed by atoms with Gasteiger partial charge in [-0.05, 0) is 0 Å². The van der Waals surface area contributed by atoms with Crippen LogP contribution in [0.2, 0.25) is 0 Å². The van der Waals surface area contributed by atoms with Crippen molar-refractivity contribution in [3.05, 3.63) is 46.8 Å². The van der Waals surface area contributed by atoms with Gasteiger partial charge >= 0.3 is 5.69 Å². The predicted molar refractivity (Wildman–Crippen MR) is 68.2 cm³/mol. The van der Waals surface area contributed by atoms with Crippen molar-refractivity contribution in [3.8, 4) is 5.75 Å². The minimum absolute atomic E-state index is 0.0686. The number of oxazole rings is 1. The highest BCUT2D eigenvalue weighted by Gasteiger charge is 2.18. The van der Waals surface area contributed by atoms with Crippen molar-refractivity contribution >= 4 is 16.6 Å². The first kappa shape index (κ1) is 12.2. The molecule has 20 heavy (non-hydrogen) atoms. The molecule has 8 heteroatoms. The van der Waals surface area contributed by atoms with Crippen LogP contribution in [0.15, 0.2) is 35.3 Å².